The van der Waals surface area contributed by atoms with Gasteiger partial charge in [-0.15, -0.1) is 0 Å². The Morgan fingerprint density at radius 1 is 1.26 bits per heavy atom. The molecule has 0 radical (unpaired) electrons. The number of piperazine rings is 1. The molecule has 1 saturated heterocycles. The van der Waals surface area contributed by atoms with Crippen molar-refractivity contribution in [2.75, 3.05) is 26.2 Å². The average Bonchev–Trinajstić information content (AvgIpc) is 2.77. The minimum Gasteiger partial charge on any atom is -0.330 e. The monoisotopic (exact) mass is 258 g/mol. The Morgan fingerprint density at radius 2 is 2.05 bits per heavy atom. The fourth-order valence-electron chi connectivity index (χ4n) is 2.89. The molecule has 0 amide bonds. The number of imidazole rings is 1. The molecule has 0 atom stereocenters. The number of benzene rings is 1. The van der Waals surface area contributed by atoms with Crippen LogP contribution in [0.2, 0.25) is 0 Å². The molecule has 1 aliphatic heterocycles. The summed E-state index contributed by atoms with van der Waals surface area (Å²) < 4.78 is 2.27. The van der Waals surface area contributed by atoms with Gasteiger partial charge in [-0.25, -0.2) is 4.98 Å². The summed E-state index contributed by atoms with van der Waals surface area (Å²) in [7, 11) is 2.14. The minimum atomic E-state index is 0.954. The minimum absolute atomic E-state index is 0.954. The Hall–Kier alpha value is -1.39. The summed E-state index contributed by atoms with van der Waals surface area (Å²) in [5.41, 5.74) is 3.82. The fraction of sp³-hybridized carbons (Fsp3) is 0.533. The quantitative estimate of drug-likeness (QED) is 0.906. The molecule has 1 aliphatic rings. The maximum atomic E-state index is 4.82. The number of nitrogens with zero attached hydrogens (tertiary/aromatic N) is 3. The van der Waals surface area contributed by atoms with Crippen molar-refractivity contribution in [3.05, 3.63) is 29.6 Å². The van der Waals surface area contributed by atoms with Gasteiger partial charge >= 0.3 is 0 Å². The molecule has 0 spiro atoms. The average molecular weight is 258 g/mol. The molecule has 0 saturated carbocycles. The summed E-state index contributed by atoms with van der Waals surface area (Å²) in [5, 5.41) is 3.39. The zero-order valence-corrected chi connectivity index (χ0v) is 11.8. The lowest BCUT2D eigenvalue weighted by Crippen LogP contribution is -2.43. The first-order valence-electron chi connectivity index (χ1n) is 7.16. The van der Waals surface area contributed by atoms with Crippen LogP contribution in [0.5, 0.6) is 0 Å². The lowest BCUT2D eigenvalue weighted by atomic mass is 10.1. The van der Waals surface area contributed by atoms with Crippen LogP contribution in [0.25, 0.3) is 11.0 Å². The van der Waals surface area contributed by atoms with Crippen molar-refractivity contribution in [1.29, 1.82) is 0 Å². The number of fused-ring (bicyclic) bond motifs is 1. The van der Waals surface area contributed by atoms with Crippen molar-refractivity contribution in [3.8, 4) is 0 Å². The lowest BCUT2D eigenvalue weighted by molar-refractivity contribution is 0.226. The largest absolute Gasteiger partial charge is 0.330 e. The van der Waals surface area contributed by atoms with E-state index in [1.54, 1.807) is 0 Å². The summed E-state index contributed by atoms with van der Waals surface area (Å²) >= 11 is 0. The van der Waals surface area contributed by atoms with Crippen LogP contribution in [0.15, 0.2) is 18.2 Å². The van der Waals surface area contributed by atoms with Crippen molar-refractivity contribution in [2.24, 2.45) is 7.05 Å². The van der Waals surface area contributed by atoms with Gasteiger partial charge in [0.05, 0.1) is 17.6 Å². The zero-order chi connectivity index (χ0) is 13.2. The van der Waals surface area contributed by atoms with Crippen LogP contribution in [0.3, 0.4) is 0 Å². The highest BCUT2D eigenvalue weighted by Crippen LogP contribution is 2.20. The molecule has 0 unspecified atom stereocenters. The second-order valence-corrected chi connectivity index (χ2v) is 5.25. The van der Waals surface area contributed by atoms with Gasteiger partial charge in [-0.1, -0.05) is 19.1 Å². The Balaban J connectivity index is 1.93. The van der Waals surface area contributed by atoms with Gasteiger partial charge in [-0.3, -0.25) is 4.90 Å². The first-order chi connectivity index (χ1) is 9.29. The van der Waals surface area contributed by atoms with E-state index in [0.717, 1.165) is 44.7 Å². The molecule has 102 valence electrons. The smallest absolute Gasteiger partial charge is 0.123 e. The molecule has 1 N–H and O–H groups in total. The highest BCUT2D eigenvalue weighted by molar-refractivity contribution is 5.79. The van der Waals surface area contributed by atoms with Gasteiger partial charge < -0.3 is 9.88 Å². The highest BCUT2D eigenvalue weighted by Gasteiger charge is 2.15. The standard InChI is InChI=1S/C15H22N4/c1-3-12-5-4-6-13-15(12)18(2)14(17-13)11-19-9-7-16-8-10-19/h4-6,16H,3,7-11H2,1-2H3. The van der Waals surface area contributed by atoms with Crippen molar-refractivity contribution in [2.45, 2.75) is 19.9 Å². The summed E-state index contributed by atoms with van der Waals surface area (Å²) in [6, 6.07) is 6.44. The van der Waals surface area contributed by atoms with Gasteiger partial charge in [0.1, 0.15) is 5.82 Å². The van der Waals surface area contributed by atoms with Crippen molar-refractivity contribution in [1.82, 2.24) is 19.8 Å². The maximum Gasteiger partial charge on any atom is 0.123 e. The third-order valence-corrected chi connectivity index (χ3v) is 4.03. The summed E-state index contributed by atoms with van der Waals surface area (Å²) in [4.78, 5) is 7.29. The molecule has 4 heteroatoms. The molecular formula is C15H22N4. The summed E-state index contributed by atoms with van der Waals surface area (Å²) in [5.74, 6) is 1.18. The molecule has 19 heavy (non-hydrogen) atoms. The molecule has 0 aliphatic carbocycles. The summed E-state index contributed by atoms with van der Waals surface area (Å²) in [6.07, 6.45) is 1.06. The van der Waals surface area contributed by atoms with Gasteiger partial charge in [-0.05, 0) is 18.1 Å². The van der Waals surface area contributed by atoms with E-state index in [9.17, 15) is 0 Å². The Labute approximate surface area is 114 Å². The number of hydrogen-bond acceptors (Lipinski definition) is 3. The molecule has 3 rings (SSSR count). The molecule has 2 heterocycles. The fourth-order valence-corrected chi connectivity index (χ4v) is 2.89. The molecule has 1 fully saturated rings. The van der Waals surface area contributed by atoms with E-state index in [-0.39, 0.29) is 0 Å². The van der Waals surface area contributed by atoms with Crippen LogP contribution in [-0.2, 0) is 20.0 Å². The molecular weight excluding hydrogens is 236 g/mol. The maximum absolute atomic E-state index is 4.82. The van der Waals surface area contributed by atoms with E-state index < -0.39 is 0 Å². The van der Waals surface area contributed by atoms with E-state index in [1.165, 1.54) is 16.9 Å². The van der Waals surface area contributed by atoms with Crippen LogP contribution >= 0.6 is 0 Å². The molecule has 0 bridgehead atoms. The van der Waals surface area contributed by atoms with E-state index in [1.807, 2.05) is 0 Å². The van der Waals surface area contributed by atoms with Gasteiger partial charge in [0, 0.05) is 33.2 Å². The number of nitrogens with one attached hydrogen (secondary N) is 1. The van der Waals surface area contributed by atoms with Crippen LogP contribution in [0.4, 0.5) is 0 Å². The molecule has 1 aromatic heterocycles. The van der Waals surface area contributed by atoms with Gasteiger partial charge in [0.2, 0.25) is 0 Å². The number of hydrogen-bond donors (Lipinski definition) is 1. The third-order valence-electron chi connectivity index (χ3n) is 4.03. The van der Waals surface area contributed by atoms with E-state index in [2.05, 4.69) is 47.0 Å². The van der Waals surface area contributed by atoms with Crippen LogP contribution in [0.1, 0.15) is 18.3 Å². The second-order valence-electron chi connectivity index (χ2n) is 5.25. The normalized spacial score (nSPS) is 17.2. The molecule has 1 aromatic carbocycles. The van der Waals surface area contributed by atoms with Crippen LogP contribution in [0, 0.1) is 0 Å². The Morgan fingerprint density at radius 3 is 2.79 bits per heavy atom. The topological polar surface area (TPSA) is 33.1 Å². The molecule has 4 nitrogen and oxygen atoms in total. The third kappa shape index (κ3) is 2.38. The Bertz CT molecular complexity index is 567. The highest BCUT2D eigenvalue weighted by atomic mass is 15.2. The first kappa shape index (κ1) is 12.6. The van der Waals surface area contributed by atoms with Gasteiger partial charge in [0.15, 0.2) is 0 Å². The van der Waals surface area contributed by atoms with E-state index in [0.29, 0.717) is 0 Å². The number of aryl methyl sites for hydroxylation is 2. The lowest BCUT2D eigenvalue weighted by Gasteiger charge is -2.26. The van der Waals surface area contributed by atoms with Crippen molar-refractivity contribution < 1.29 is 0 Å². The zero-order valence-electron chi connectivity index (χ0n) is 11.8. The number of rotatable bonds is 3. The van der Waals surface area contributed by atoms with E-state index >= 15 is 0 Å². The second kappa shape index (κ2) is 5.31. The van der Waals surface area contributed by atoms with Crippen molar-refractivity contribution in [3.63, 3.8) is 0 Å². The van der Waals surface area contributed by atoms with Crippen LogP contribution in [-0.4, -0.2) is 40.6 Å². The van der Waals surface area contributed by atoms with Crippen LogP contribution < -0.4 is 5.32 Å². The SMILES string of the molecule is CCc1cccc2nc(CN3CCNCC3)n(C)c12. The van der Waals surface area contributed by atoms with Crippen molar-refractivity contribution >= 4 is 11.0 Å². The molecule has 2 aromatic rings. The predicted molar refractivity (Wildman–Crippen MR) is 78.2 cm³/mol. The summed E-state index contributed by atoms with van der Waals surface area (Å²) in [6.45, 7) is 7.57. The predicted octanol–water partition coefficient (Wildman–Crippen LogP) is 1.54. The number of aromatic nitrogens is 2. The van der Waals surface area contributed by atoms with Gasteiger partial charge in [0.25, 0.3) is 0 Å². The number of para-hydroxylation sites is 1. The van der Waals surface area contributed by atoms with E-state index in [4.69, 9.17) is 4.98 Å². The Kier molecular flexibility index (Phi) is 3.53. The first-order valence-corrected chi connectivity index (χ1v) is 7.16. The van der Waals surface area contributed by atoms with Gasteiger partial charge in [-0.2, -0.15) is 0 Å².